The summed E-state index contributed by atoms with van der Waals surface area (Å²) in [6.45, 7) is 4.06. The number of hydrogen-bond donors (Lipinski definition) is 4. The van der Waals surface area contributed by atoms with Gasteiger partial charge in [-0.25, -0.2) is 13.9 Å². The molecule has 1 aromatic carbocycles. The molecule has 1 aliphatic rings. The zero-order valence-electron chi connectivity index (χ0n) is 21.1. The second-order valence-electron chi connectivity index (χ2n) is 8.97. The Bertz CT molecular complexity index is 1380. The predicted molar refractivity (Wildman–Crippen MR) is 138 cm³/mol. The van der Waals surface area contributed by atoms with Crippen molar-refractivity contribution in [2.24, 2.45) is 0 Å². The van der Waals surface area contributed by atoms with Crippen LogP contribution in [0.5, 0.6) is 5.75 Å². The molecule has 6 atom stereocenters. The van der Waals surface area contributed by atoms with Gasteiger partial charge in [0.1, 0.15) is 29.5 Å². The molecule has 39 heavy (non-hydrogen) atoms. The highest BCUT2D eigenvalue weighted by atomic mass is 35.5. The molecule has 0 aliphatic carbocycles. The van der Waals surface area contributed by atoms with Gasteiger partial charge in [0, 0.05) is 0 Å². The number of benzene rings is 1. The average molecular weight is 588 g/mol. The quantitative estimate of drug-likeness (QED) is 0.153. The highest BCUT2D eigenvalue weighted by Gasteiger charge is 2.58. The number of nitrogens with zero attached hydrogens (tertiary/aromatic N) is 4. The van der Waals surface area contributed by atoms with Gasteiger partial charge in [-0.15, -0.1) is 0 Å². The molecule has 0 saturated carbocycles. The van der Waals surface area contributed by atoms with Crippen LogP contribution in [0.1, 0.15) is 27.0 Å². The van der Waals surface area contributed by atoms with E-state index >= 15 is 4.39 Å². The Labute approximate surface area is 227 Å². The van der Waals surface area contributed by atoms with E-state index in [9.17, 15) is 14.5 Å². The monoisotopic (exact) mass is 587 g/mol. The molecule has 6 N–H and O–H groups in total. The van der Waals surface area contributed by atoms with Crippen LogP contribution in [-0.2, 0) is 23.4 Å². The predicted octanol–water partition coefficient (Wildman–Crippen LogP) is 2.29. The van der Waals surface area contributed by atoms with Crippen molar-refractivity contribution in [3.05, 3.63) is 36.7 Å². The molecule has 0 amide bonds. The summed E-state index contributed by atoms with van der Waals surface area (Å²) in [5, 5.41) is 10.3. The lowest BCUT2D eigenvalue weighted by Gasteiger charge is -2.25. The van der Waals surface area contributed by atoms with E-state index in [4.69, 9.17) is 41.6 Å². The standard InChI is InChI=1S/C22H28ClFN7O7P/c1-11(2)36-19(33)12(3)30-39(34,38-13-7-5-4-6-8-13)35-9-14-16(32)22(23,24)20(37-14)31-10-27-15-17(25)28-21(26)29-18(15)31/h4-8,10-12,14,16,20,32H,9H2,1-3H3,(H,30,34)(H4,25,26,28,29)/t12-,14-,16-,20-,22+,39-/m1/s1. The van der Waals surface area contributed by atoms with E-state index in [-0.39, 0.29) is 28.7 Å². The van der Waals surface area contributed by atoms with Crippen LogP contribution in [-0.4, -0.2) is 66.7 Å². The van der Waals surface area contributed by atoms with E-state index in [1.807, 2.05) is 0 Å². The SMILES string of the molecule is CC(C)OC(=O)[C@@H](C)N[P@@](=O)(OC[C@H]1O[C@@H](n2cnc3c(N)nc(N)nc32)[C@](F)(Cl)[C@@H]1O)Oc1ccccc1. The van der Waals surface area contributed by atoms with Crippen molar-refractivity contribution in [2.75, 3.05) is 18.1 Å². The summed E-state index contributed by atoms with van der Waals surface area (Å²) in [5.41, 5.74) is 11.6. The minimum Gasteiger partial charge on any atom is -0.462 e. The van der Waals surface area contributed by atoms with E-state index < -0.39 is 56.0 Å². The number of ether oxygens (including phenoxy) is 2. The fourth-order valence-electron chi connectivity index (χ4n) is 3.74. The molecule has 1 fully saturated rings. The minimum absolute atomic E-state index is 0.0127. The highest BCUT2D eigenvalue weighted by molar-refractivity contribution is 7.52. The zero-order valence-corrected chi connectivity index (χ0v) is 22.8. The summed E-state index contributed by atoms with van der Waals surface area (Å²) in [5.74, 6) is -0.808. The van der Waals surface area contributed by atoms with Crippen molar-refractivity contribution in [1.29, 1.82) is 0 Å². The molecule has 17 heteroatoms. The number of carbonyl (C=O) groups is 1. The Hall–Kier alpha value is -3.07. The van der Waals surface area contributed by atoms with Crippen molar-refractivity contribution in [2.45, 2.75) is 56.5 Å². The maximum absolute atomic E-state index is 15.6. The van der Waals surface area contributed by atoms with E-state index in [1.54, 1.807) is 32.0 Å². The maximum Gasteiger partial charge on any atom is 0.459 e. The molecule has 3 aromatic rings. The summed E-state index contributed by atoms with van der Waals surface area (Å²) < 4.78 is 52.3. The zero-order chi connectivity index (χ0) is 28.5. The number of alkyl halides is 2. The van der Waals surface area contributed by atoms with Crippen LogP contribution >= 0.6 is 19.3 Å². The fraction of sp³-hybridized carbons (Fsp3) is 0.455. The molecule has 4 rings (SSSR count). The van der Waals surface area contributed by atoms with E-state index in [0.29, 0.717) is 0 Å². The second-order valence-corrected chi connectivity index (χ2v) is 11.2. The molecule has 1 saturated heterocycles. The lowest BCUT2D eigenvalue weighted by atomic mass is 10.1. The normalized spacial score (nSPS) is 25.5. The molecule has 1 aliphatic heterocycles. The third kappa shape index (κ3) is 6.24. The lowest BCUT2D eigenvalue weighted by Crippen LogP contribution is -2.40. The van der Waals surface area contributed by atoms with Crippen LogP contribution in [0.2, 0.25) is 0 Å². The molecule has 2 aromatic heterocycles. The number of nitrogen functional groups attached to an aromatic ring is 2. The van der Waals surface area contributed by atoms with Crippen molar-refractivity contribution < 1.29 is 37.4 Å². The summed E-state index contributed by atoms with van der Waals surface area (Å²) >= 11 is 6.08. The summed E-state index contributed by atoms with van der Waals surface area (Å²) in [4.78, 5) is 24.2. The molecule has 0 spiro atoms. The first-order valence-corrected chi connectivity index (χ1v) is 13.7. The molecular weight excluding hydrogens is 560 g/mol. The molecule has 14 nitrogen and oxygen atoms in total. The van der Waals surface area contributed by atoms with Crippen LogP contribution in [0.15, 0.2) is 36.7 Å². The number of halogens is 2. The molecule has 0 unspecified atom stereocenters. The molecule has 0 radical (unpaired) electrons. The number of hydrogen-bond acceptors (Lipinski definition) is 12. The number of aliphatic hydroxyl groups excluding tert-OH is 1. The number of anilines is 2. The summed E-state index contributed by atoms with van der Waals surface area (Å²) in [6, 6.07) is 6.89. The number of fused-ring (bicyclic) bond motifs is 1. The number of imidazole rings is 1. The first-order chi connectivity index (χ1) is 18.3. The van der Waals surface area contributed by atoms with Crippen molar-refractivity contribution >= 4 is 48.2 Å². The largest absolute Gasteiger partial charge is 0.462 e. The van der Waals surface area contributed by atoms with Gasteiger partial charge < -0.3 is 30.6 Å². The average Bonchev–Trinajstić information content (AvgIpc) is 3.36. The van der Waals surface area contributed by atoms with Gasteiger partial charge in [0.05, 0.1) is 19.0 Å². The fourth-order valence-corrected chi connectivity index (χ4v) is 5.54. The highest BCUT2D eigenvalue weighted by Crippen LogP contribution is 2.49. The summed E-state index contributed by atoms with van der Waals surface area (Å²) in [6.07, 6.45) is -4.35. The van der Waals surface area contributed by atoms with E-state index in [2.05, 4.69) is 20.0 Å². The maximum atomic E-state index is 15.6. The third-order valence-electron chi connectivity index (χ3n) is 5.53. The lowest BCUT2D eigenvalue weighted by molar-refractivity contribution is -0.149. The van der Waals surface area contributed by atoms with Crippen LogP contribution in [0, 0.1) is 0 Å². The Kier molecular flexibility index (Phi) is 8.30. The molecular formula is C22H28ClFN7O7P. The number of nitrogens with one attached hydrogen (secondary N) is 1. The van der Waals surface area contributed by atoms with Crippen LogP contribution < -0.4 is 21.1 Å². The number of aromatic nitrogens is 4. The van der Waals surface area contributed by atoms with Crippen LogP contribution in [0.25, 0.3) is 11.2 Å². The topological polar surface area (TPSA) is 199 Å². The van der Waals surface area contributed by atoms with Gasteiger partial charge >= 0.3 is 13.7 Å². The Morgan fingerprint density at radius 2 is 2.00 bits per heavy atom. The van der Waals surface area contributed by atoms with Crippen LogP contribution in [0.4, 0.5) is 16.2 Å². The Morgan fingerprint density at radius 3 is 2.67 bits per heavy atom. The van der Waals surface area contributed by atoms with E-state index in [0.717, 1.165) is 10.9 Å². The first-order valence-electron chi connectivity index (χ1n) is 11.7. The van der Waals surface area contributed by atoms with Gasteiger partial charge in [-0.1, -0.05) is 29.8 Å². The summed E-state index contributed by atoms with van der Waals surface area (Å²) in [7, 11) is -4.33. The molecule has 3 heterocycles. The first kappa shape index (κ1) is 28.9. The Morgan fingerprint density at radius 1 is 1.31 bits per heavy atom. The number of nitrogens with two attached hydrogens (primary N) is 2. The van der Waals surface area contributed by atoms with Crippen molar-refractivity contribution in [3.8, 4) is 5.75 Å². The van der Waals surface area contributed by atoms with Crippen LogP contribution in [0.3, 0.4) is 0 Å². The van der Waals surface area contributed by atoms with Gasteiger partial charge in [0.25, 0.3) is 5.13 Å². The minimum atomic E-state index is -4.33. The molecule has 212 valence electrons. The number of rotatable bonds is 10. The van der Waals surface area contributed by atoms with Crippen molar-refractivity contribution in [1.82, 2.24) is 24.6 Å². The van der Waals surface area contributed by atoms with E-state index in [1.165, 1.54) is 19.1 Å². The van der Waals surface area contributed by atoms with Gasteiger partial charge in [-0.2, -0.15) is 15.1 Å². The van der Waals surface area contributed by atoms with Gasteiger partial charge in [-0.05, 0) is 32.9 Å². The molecule has 0 bridgehead atoms. The third-order valence-corrected chi connectivity index (χ3v) is 7.59. The number of aliphatic hydroxyl groups is 1. The second kappa shape index (κ2) is 11.2. The smallest absolute Gasteiger partial charge is 0.459 e. The number of para-hydroxylation sites is 1. The van der Waals surface area contributed by atoms with Crippen molar-refractivity contribution in [3.63, 3.8) is 0 Å². The van der Waals surface area contributed by atoms with Gasteiger partial charge in [0.2, 0.25) is 5.95 Å². The Balaban J connectivity index is 1.55. The van der Waals surface area contributed by atoms with Gasteiger partial charge in [-0.3, -0.25) is 13.9 Å². The number of esters is 1. The van der Waals surface area contributed by atoms with Gasteiger partial charge in [0.15, 0.2) is 17.7 Å². The number of carbonyl (C=O) groups excluding carboxylic acids is 1.